The zero-order chi connectivity index (χ0) is 15.4. The average Bonchev–Trinajstić information content (AvgIpc) is 3.08. The summed E-state index contributed by atoms with van der Waals surface area (Å²) in [7, 11) is 0. The molecule has 138 valence electrons. The molecule has 0 aliphatic carbocycles. The van der Waals surface area contributed by atoms with Crippen LogP contribution in [0.25, 0.3) is 0 Å². The predicted molar refractivity (Wildman–Crippen MR) is 97.5 cm³/mol. The smallest absolute Gasteiger partial charge is 0.239 e. The number of carbonyl (C=O) groups excluding carboxylic acids is 1. The summed E-state index contributed by atoms with van der Waals surface area (Å²) in [5, 5.41) is 4.26. The van der Waals surface area contributed by atoms with Crippen LogP contribution in [0.15, 0.2) is 18.5 Å². The molecule has 1 atom stereocenters. The molecule has 0 spiro atoms. The second-order valence-corrected chi connectivity index (χ2v) is 6.47. The lowest BCUT2D eigenvalue weighted by Crippen LogP contribution is -2.51. The highest BCUT2D eigenvalue weighted by atomic mass is 35.5. The SMILES string of the molecule is Cl.Cl.NC(C(=O)N1CCC(Cn2cccn2)CC1)C1CCOCC1. The zero-order valence-corrected chi connectivity index (χ0v) is 15.5. The van der Waals surface area contributed by atoms with E-state index in [-0.39, 0.29) is 42.7 Å². The van der Waals surface area contributed by atoms with Crippen LogP contribution in [0.4, 0.5) is 0 Å². The van der Waals surface area contributed by atoms with Gasteiger partial charge in [0.2, 0.25) is 5.91 Å². The van der Waals surface area contributed by atoms with Crippen LogP contribution >= 0.6 is 24.8 Å². The van der Waals surface area contributed by atoms with Gasteiger partial charge in [0.1, 0.15) is 0 Å². The number of piperidine rings is 1. The number of amides is 1. The van der Waals surface area contributed by atoms with E-state index in [4.69, 9.17) is 10.5 Å². The maximum atomic E-state index is 12.6. The molecule has 3 heterocycles. The van der Waals surface area contributed by atoms with E-state index in [2.05, 4.69) is 5.10 Å². The molecule has 0 saturated carbocycles. The van der Waals surface area contributed by atoms with E-state index < -0.39 is 0 Å². The summed E-state index contributed by atoms with van der Waals surface area (Å²) >= 11 is 0. The number of hydrogen-bond donors (Lipinski definition) is 1. The highest BCUT2D eigenvalue weighted by Crippen LogP contribution is 2.23. The summed E-state index contributed by atoms with van der Waals surface area (Å²) in [6.45, 7) is 4.06. The number of nitrogens with zero attached hydrogens (tertiary/aromatic N) is 3. The Hall–Kier alpha value is -0.820. The molecular weight excluding hydrogens is 351 g/mol. The topological polar surface area (TPSA) is 73.4 Å². The van der Waals surface area contributed by atoms with Gasteiger partial charge in [-0.15, -0.1) is 24.8 Å². The Labute approximate surface area is 155 Å². The minimum Gasteiger partial charge on any atom is -0.381 e. The van der Waals surface area contributed by atoms with Crippen LogP contribution in [0, 0.1) is 11.8 Å². The van der Waals surface area contributed by atoms with Gasteiger partial charge < -0.3 is 15.4 Å². The predicted octanol–water partition coefficient (Wildman–Crippen LogP) is 1.72. The van der Waals surface area contributed by atoms with Gasteiger partial charge >= 0.3 is 0 Å². The molecule has 1 amide bonds. The molecule has 1 aromatic rings. The van der Waals surface area contributed by atoms with E-state index in [1.54, 1.807) is 0 Å². The van der Waals surface area contributed by atoms with Crippen LogP contribution in [0.3, 0.4) is 0 Å². The van der Waals surface area contributed by atoms with Gasteiger partial charge in [-0.25, -0.2) is 0 Å². The summed E-state index contributed by atoms with van der Waals surface area (Å²) < 4.78 is 7.33. The lowest BCUT2D eigenvalue weighted by Gasteiger charge is -2.36. The van der Waals surface area contributed by atoms with E-state index in [1.165, 1.54) is 0 Å². The number of aromatic nitrogens is 2. The van der Waals surface area contributed by atoms with Gasteiger partial charge in [0.15, 0.2) is 0 Å². The Kier molecular flexibility index (Phi) is 9.05. The van der Waals surface area contributed by atoms with Crippen molar-refractivity contribution in [3.05, 3.63) is 18.5 Å². The maximum absolute atomic E-state index is 12.6. The number of likely N-dealkylation sites (tertiary alicyclic amines) is 1. The van der Waals surface area contributed by atoms with Gasteiger partial charge in [-0.05, 0) is 43.6 Å². The van der Waals surface area contributed by atoms with Crippen molar-refractivity contribution in [2.24, 2.45) is 17.6 Å². The quantitative estimate of drug-likeness (QED) is 0.865. The van der Waals surface area contributed by atoms with Gasteiger partial charge in [-0.2, -0.15) is 5.10 Å². The van der Waals surface area contributed by atoms with Crippen molar-refractivity contribution in [1.29, 1.82) is 0 Å². The highest BCUT2D eigenvalue weighted by molar-refractivity contribution is 5.85. The van der Waals surface area contributed by atoms with Crippen molar-refractivity contribution >= 4 is 30.7 Å². The van der Waals surface area contributed by atoms with Gasteiger partial charge in [0.05, 0.1) is 6.04 Å². The Morgan fingerprint density at radius 3 is 2.46 bits per heavy atom. The zero-order valence-electron chi connectivity index (χ0n) is 13.9. The van der Waals surface area contributed by atoms with Crippen LogP contribution < -0.4 is 5.73 Å². The number of ether oxygens (including phenoxy) is 1. The Bertz CT molecular complexity index is 472. The normalized spacial score (nSPS) is 20.8. The highest BCUT2D eigenvalue weighted by Gasteiger charge is 2.31. The second-order valence-electron chi connectivity index (χ2n) is 6.47. The molecule has 8 heteroatoms. The van der Waals surface area contributed by atoms with Crippen molar-refractivity contribution in [2.75, 3.05) is 26.3 Å². The molecule has 1 unspecified atom stereocenters. The van der Waals surface area contributed by atoms with Gasteiger partial charge in [0.25, 0.3) is 0 Å². The van der Waals surface area contributed by atoms with E-state index in [1.807, 2.05) is 28.0 Å². The van der Waals surface area contributed by atoms with E-state index in [0.29, 0.717) is 5.92 Å². The van der Waals surface area contributed by atoms with Crippen LogP contribution in [-0.2, 0) is 16.1 Å². The first-order chi connectivity index (χ1) is 10.7. The summed E-state index contributed by atoms with van der Waals surface area (Å²) in [6, 6.07) is 1.59. The Morgan fingerprint density at radius 2 is 1.88 bits per heavy atom. The third kappa shape index (κ3) is 5.34. The van der Waals surface area contributed by atoms with Gasteiger partial charge in [-0.3, -0.25) is 9.48 Å². The average molecular weight is 379 g/mol. The van der Waals surface area contributed by atoms with Crippen molar-refractivity contribution in [1.82, 2.24) is 14.7 Å². The third-order valence-corrected chi connectivity index (χ3v) is 4.99. The standard InChI is InChI=1S/C16H26N4O2.2ClH/c17-15(14-4-10-22-11-5-14)16(21)19-8-2-13(3-9-19)12-20-7-1-6-18-20;;/h1,6-7,13-15H,2-5,8-12,17H2;2*1H. The Morgan fingerprint density at radius 1 is 1.21 bits per heavy atom. The second kappa shape index (κ2) is 10.2. The molecule has 6 nitrogen and oxygen atoms in total. The van der Waals surface area contributed by atoms with Gasteiger partial charge in [0, 0.05) is 45.2 Å². The first kappa shape index (κ1) is 21.2. The maximum Gasteiger partial charge on any atom is 0.239 e. The molecule has 1 aromatic heterocycles. The van der Waals surface area contributed by atoms with Crippen LogP contribution in [0.2, 0.25) is 0 Å². The fourth-order valence-electron chi connectivity index (χ4n) is 3.50. The van der Waals surface area contributed by atoms with Crippen molar-refractivity contribution in [3.8, 4) is 0 Å². The summed E-state index contributed by atoms with van der Waals surface area (Å²) in [4.78, 5) is 14.5. The van der Waals surface area contributed by atoms with E-state index in [9.17, 15) is 4.79 Å². The van der Waals surface area contributed by atoms with Crippen molar-refractivity contribution < 1.29 is 9.53 Å². The molecule has 2 N–H and O–H groups in total. The Balaban J connectivity index is 0.00000144. The first-order valence-electron chi connectivity index (χ1n) is 8.33. The molecule has 2 aliphatic heterocycles. The fourth-order valence-corrected chi connectivity index (χ4v) is 3.50. The number of carbonyl (C=O) groups is 1. The molecule has 3 rings (SSSR count). The van der Waals surface area contributed by atoms with Crippen molar-refractivity contribution in [3.63, 3.8) is 0 Å². The lowest BCUT2D eigenvalue weighted by atomic mass is 9.90. The number of rotatable bonds is 4. The number of hydrogen-bond acceptors (Lipinski definition) is 4. The molecule has 24 heavy (non-hydrogen) atoms. The molecule has 2 saturated heterocycles. The monoisotopic (exact) mass is 378 g/mol. The van der Waals surface area contributed by atoms with E-state index >= 15 is 0 Å². The van der Waals surface area contributed by atoms with Crippen LogP contribution in [-0.4, -0.2) is 52.9 Å². The number of halogens is 2. The first-order valence-corrected chi connectivity index (χ1v) is 8.33. The van der Waals surface area contributed by atoms with Crippen LogP contribution in [0.1, 0.15) is 25.7 Å². The lowest BCUT2D eigenvalue weighted by molar-refractivity contribution is -0.136. The largest absolute Gasteiger partial charge is 0.381 e. The summed E-state index contributed by atoms with van der Waals surface area (Å²) in [5.41, 5.74) is 6.21. The molecule has 2 aliphatic rings. The molecule has 0 aromatic carbocycles. The minimum absolute atomic E-state index is 0. The number of nitrogens with two attached hydrogens (primary N) is 1. The molecular formula is C16H28Cl2N4O2. The molecule has 0 bridgehead atoms. The molecule has 2 fully saturated rings. The van der Waals surface area contributed by atoms with Crippen molar-refractivity contribution in [2.45, 2.75) is 38.3 Å². The summed E-state index contributed by atoms with van der Waals surface area (Å²) in [6.07, 6.45) is 7.69. The third-order valence-electron chi connectivity index (χ3n) is 4.99. The fraction of sp³-hybridized carbons (Fsp3) is 0.750. The van der Waals surface area contributed by atoms with Crippen LogP contribution in [0.5, 0.6) is 0 Å². The minimum atomic E-state index is -0.355. The summed E-state index contributed by atoms with van der Waals surface area (Å²) in [5.74, 6) is 1.01. The van der Waals surface area contributed by atoms with Gasteiger partial charge in [-0.1, -0.05) is 0 Å². The molecule has 0 radical (unpaired) electrons. The van der Waals surface area contributed by atoms with E-state index in [0.717, 1.165) is 58.5 Å².